The molecule has 0 saturated carbocycles. The largest absolute Gasteiger partial charge is 0.496 e. The summed E-state index contributed by atoms with van der Waals surface area (Å²) in [6, 6.07) is 4.34. The van der Waals surface area contributed by atoms with Crippen molar-refractivity contribution in [2.75, 3.05) is 20.2 Å². The Kier molecular flexibility index (Phi) is 6.66. The van der Waals surface area contributed by atoms with E-state index < -0.39 is 11.9 Å². The van der Waals surface area contributed by atoms with Crippen LogP contribution in [-0.2, 0) is 4.79 Å². The Labute approximate surface area is 121 Å². The zero-order chi connectivity index (χ0) is 15.0. The molecule has 0 aliphatic carbocycles. The van der Waals surface area contributed by atoms with E-state index in [9.17, 15) is 4.79 Å². The van der Waals surface area contributed by atoms with Crippen molar-refractivity contribution in [3.63, 3.8) is 0 Å². The van der Waals surface area contributed by atoms with Gasteiger partial charge in [0.25, 0.3) is 0 Å². The minimum Gasteiger partial charge on any atom is -0.496 e. The average molecular weight is 298 g/mol. The molecule has 1 aromatic rings. The summed E-state index contributed by atoms with van der Waals surface area (Å²) < 4.78 is 5.20. The van der Waals surface area contributed by atoms with Gasteiger partial charge in [-0.1, -0.05) is 22.8 Å². The molecule has 20 heavy (non-hydrogen) atoms. The molecule has 7 nitrogen and oxygen atoms in total. The van der Waals surface area contributed by atoms with E-state index in [1.807, 2.05) is 0 Å². The van der Waals surface area contributed by atoms with Gasteiger partial charge in [-0.05, 0) is 30.6 Å². The van der Waals surface area contributed by atoms with Crippen LogP contribution in [0.1, 0.15) is 18.0 Å². The fourth-order valence-electron chi connectivity index (χ4n) is 1.76. The number of halogens is 1. The first-order valence-electron chi connectivity index (χ1n) is 5.97. The molecule has 0 spiro atoms. The SMILES string of the molecule is COc1cccc(Cl)c1C(NCCCN=[N+]=[N-])C(N)=O. The quantitative estimate of drug-likeness (QED) is 0.332. The van der Waals surface area contributed by atoms with E-state index in [0.717, 1.165) is 0 Å². The molecule has 0 aliphatic rings. The van der Waals surface area contributed by atoms with Crippen LogP contribution in [0.5, 0.6) is 5.75 Å². The van der Waals surface area contributed by atoms with E-state index in [1.54, 1.807) is 18.2 Å². The van der Waals surface area contributed by atoms with Gasteiger partial charge in [-0.3, -0.25) is 4.79 Å². The second-order valence-corrected chi connectivity index (χ2v) is 4.36. The van der Waals surface area contributed by atoms with Crippen molar-refractivity contribution in [2.45, 2.75) is 12.5 Å². The first-order valence-corrected chi connectivity index (χ1v) is 6.35. The Morgan fingerprint density at radius 3 is 3.00 bits per heavy atom. The van der Waals surface area contributed by atoms with Crippen LogP contribution < -0.4 is 15.8 Å². The molecule has 1 atom stereocenters. The summed E-state index contributed by atoms with van der Waals surface area (Å²) in [6.07, 6.45) is 0.584. The number of hydrogen-bond donors (Lipinski definition) is 2. The van der Waals surface area contributed by atoms with Crippen LogP contribution in [0.25, 0.3) is 10.4 Å². The van der Waals surface area contributed by atoms with Crippen LogP contribution in [0, 0.1) is 0 Å². The molecular weight excluding hydrogens is 282 g/mol. The normalized spacial score (nSPS) is 11.5. The minimum atomic E-state index is -0.760. The summed E-state index contributed by atoms with van der Waals surface area (Å²) in [5.41, 5.74) is 14.1. The number of primary amides is 1. The Morgan fingerprint density at radius 1 is 1.65 bits per heavy atom. The number of benzene rings is 1. The molecule has 0 aliphatic heterocycles. The molecule has 1 unspecified atom stereocenters. The number of hydrogen-bond acceptors (Lipinski definition) is 4. The van der Waals surface area contributed by atoms with Gasteiger partial charge >= 0.3 is 0 Å². The van der Waals surface area contributed by atoms with Crippen molar-refractivity contribution >= 4 is 17.5 Å². The molecule has 0 bridgehead atoms. The van der Waals surface area contributed by atoms with Crippen LogP contribution in [0.15, 0.2) is 23.3 Å². The zero-order valence-corrected chi connectivity index (χ0v) is 11.8. The molecule has 0 heterocycles. The predicted octanol–water partition coefficient (Wildman–Crippen LogP) is 2.17. The van der Waals surface area contributed by atoms with Gasteiger partial charge in [-0.15, -0.1) is 0 Å². The number of methoxy groups -OCH3 is 1. The number of ether oxygens (including phenoxy) is 1. The Hall–Kier alpha value is -1.95. The van der Waals surface area contributed by atoms with E-state index in [4.69, 9.17) is 27.6 Å². The maximum atomic E-state index is 11.6. The van der Waals surface area contributed by atoms with Crippen LogP contribution >= 0.6 is 11.6 Å². The van der Waals surface area contributed by atoms with E-state index in [-0.39, 0.29) is 0 Å². The molecule has 0 fully saturated rings. The highest BCUT2D eigenvalue weighted by Crippen LogP contribution is 2.31. The Bertz CT molecular complexity index is 517. The van der Waals surface area contributed by atoms with Crippen LogP contribution in [0.3, 0.4) is 0 Å². The molecular formula is C12H16ClN5O2. The first kappa shape index (κ1) is 16.1. The van der Waals surface area contributed by atoms with Crippen molar-refractivity contribution < 1.29 is 9.53 Å². The van der Waals surface area contributed by atoms with E-state index in [1.165, 1.54) is 7.11 Å². The Morgan fingerprint density at radius 2 is 2.40 bits per heavy atom. The van der Waals surface area contributed by atoms with Crippen LogP contribution in [0.2, 0.25) is 5.02 Å². The number of nitrogens with zero attached hydrogens (tertiary/aromatic N) is 3. The number of nitrogens with one attached hydrogen (secondary N) is 1. The van der Waals surface area contributed by atoms with Gasteiger partial charge < -0.3 is 15.8 Å². The number of carbonyl (C=O) groups excluding carboxylic acids is 1. The maximum Gasteiger partial charge on any atom is 0.239 e. The highest BCUT2D eigenvalue weighted by molar-refractivity contribution is 6.31. The third-order valence-electron chi connectivity index (χ3n) is 2.65. The smallest absolute Gasteiger partial charge is 0.239 e. The summed E-state index contributed by atoms with van der Waals surface area (Å²) in [6.45, 7) is 0.801. The number of azide groups is 1. The predicted molar refractivity (Wildman–Crippen MR) is 76.6 cm³/mol. The topological polar surface area (TPSA) is 113 Å². The minimum absolute atomic E-state index is 0.342. The van der Waals surface area contributed by atoms with Crippen molar-refractivity contribution in [3.05, 3.63) is 39.2 Å². The van der Waals surface area contributed by atoms with Gasteiger partial charge in [-0.2, -0.15) is 0 Å². The molecule has 3 N–H and O–H groups in total. The number of amides is 1. The molecule has 1 aromatic carbocycles. The van der Waals surface area contributed by atoms with Gasteiger partial charge in [0, 0.05) is 22.0 Å². The molecule has 8 heteroatoms. The number of nitrogens with two attached hydrogens (primary N) is 1. The van der Waals surface area contributed by atoms with Crippen molar-refractivity contribution in [3.8, 4) is 5.75 Å². The standard InChI is InChI=1S/C12H16ClN5O2/c1-20-9-5-2-4-8(13)10(9)11(12(14)19)16-6-3-7-17-18-15/h2,4-5,11,16H,3,6-7H2,1H3,(H2,14,19). The van der Waals surface area contributed by atoms with E-state index >= 15 is 0 Å². The number of rotatable bonds is 8. The summed E-state index contributed by atoms with van der Waals surface area (Å²) >= 11 is 6.12. The third kappa shape index (κ3) is 4.31. The summed E-state index contributed by atoms with van der Waals surface area (Å²) in [4.78, 5) is 14.3. The van der Waals surface area contributed by atoms with Crippen LogP contribution in [-0.4, -0.2) is 26.1 Å². The molecule has 1 rings (SSSR count). The summed E-state index contributed by atoms with van der Waals surface area (Å²) in [5, 5.41) is 6.80. The second-order valence-electron chi connectivity index (χ2n) is 3.95. The Balaban J connectivity index is 2.86. The molecule has 1 amide bonds. The lowest BCUT2D eigenvalue weighted by atomic mass is 10.0. The lowest BCUT2D eigenvalue weighted by Gasteiger charge is -2.19. The van der Waals surface area contributed by atoms with E-state index in [2.05, 4.69) is 15.3 Å². The second kappa shape index (κ2) is 8.27. The summed E-state index contributed by atoms with van der Waals surface area (Å²) in [7, 11) is 1.49. The van der Waals surface area contributed by atoms with Gasteiger partial charge in [0.15, 0.2) is 0 Å². The van der Waals surface area contributed by atoms with Crippen molar-refractivity contribution in [1.82, 2.24) is 5.32 Å². The summed E-state index contributed by atoms with van der Waals surface area (Å²) in [5.74, 6) is -0.0657. The monoisotopic (exact) mass is 297 g/mol. The highest BCUT2D eigenvalue weighted by Gasteiger charge is 2.23. The third-order valence-corrected chi connectivity index (χ3v) is 2.98. The van der Waals surface area contributed by atoms with E-state index in [0.29, 0.717) is 35.8 Å². The lowest BCUT2D eigenvalue weighted by molar-refractivity contribution is -0.120. The average Bonchev–Trinajstić information content (AvgIpc) is 2.43. The fourth-order valence-corrected chi connectivity index (χ4v) is 2.04. The zero-order valence-electron chi connectivity index (χ0n) is 11.0. The lowest BCUT2D eigenvalue weighted by Crippen LogP contribution is -2.34. The molecule has 0 aromatic heterocycles. The van der Waals surface area contributed by atoms with Crippen molar-refractivity contribution in [2.24, 2.45) is 10.8 Å². The highest BCUT2D eigenvalue weighted by atomic mass is 35.5. The molecule has 108 valence electrons. The molecule has 0 radical (unpaired) electrons. The van der Waals surface area contributed by atoms with Gasteiger partial charge in [0.1, 0.15) is 11.8 Å². The number of carbonyl (C=O) groups is 1. The van der Waals surface area contributed by atoms with Gasteiger partial charge in [0.2, 0.25) is 5.91 Å². The first-order chi connectivity index (χ1) is 9.61. The fraction of sp³-hybridized carbons (Fsp3) is 0.417. The maximum absolute atomic E-state index is 11.6. The van der Waals surface area contributed by atoms with Gasteiger partial charge in [0.05, 0.1) is 7.11 Å². The van der Waals surface area contributed by atoms with Crippen LogP contribution in [0.4, 0.5) is 0 Å². The van der Waals surface area contributed by atoms with Crippen molar-refractivity contribution in [1.29, 1.82) is 0 Å². The van der Waals surface area contributed by atoms with Gasteiger partial charge in [-0.25, -0.2) is 0 Å². The molecule has 0 saturated heterocycles.